The molecule has 44 heavy (non-hydrogen) atoms. The number of halogens is 1. The topological polar surface area (TPSA) is 99.6 Å². The van der Waals surface area contributed by atoms with E-state index in [0.717, 1.165) is 5.56 Å². The van der Waals surface area contributed by atoms with Crippen molar-refractivity contribution in [1.29, 1.82) is 0 Å². The highest BCUT2D eigenvalue weighted by molar-refractivity contribution is 6.34. The Morgan fingerprint density at radius 2 is 1.80 bits per heavy atom. The number of likely N-dealkylation sites (tertiary alicyclic amines) is 1. The lowest BCUT2D eigenvalue weighted by Crippen LogP contribution is -2.57. The number of β-amino-alcohol motifs (C(OH)–C–C–N with tert-alkyl or cyclic N) is 1. The largest absolute Gasteiger partial charge is 0.494 e. The van der Waals surface area contributed by atoms with Gasteiger partial charge in [0.2, 0.25) is 11.8 Å². The summed E-state index contributed by atoms with van der Waals surface area (Å²) in [6.07, 6.45) is 4.14. The van der Waals surface area contributed by atoms with Gasteiger partial charge in [0, 0.05) is 25.3 Å². The molecule has 2 unspecified atom stereocenters. The van der Waals surface area contributed by atoms with Crippen LogP contribution in [0.25, 0.3) is 0 Å². The minimum Gasteiger partial charge on any atom is -0.494 e. The van der Waals surface area contributed by atoms with Crippen LogP contribution in [0.2, 0.25) is 5.02 Å². The second-order valence-corrected chi connectivity index (χ2v) is 12.2. The average Bonchev–Trinajstić information content (AvgIpc) is 3.56. The zero-order valence-electron chi connectivity index (χ0n) is 25.5. The number of benzene rings is 2. The fraction of sp³-hybridized carbons (Fsp3) is 0.441. The summed E-state index contributed by atoms with van der Waals surface area (Å²) >= 11 is 6.62. The molecule has 0 aliphatic carbocycles. The number of hydrogen-bond acceptors (Lipinski definition) is 6. The molecule has 3 fully saturated rings. The Hall–Kier alpha value is -3.66. The maximum Gasteiger partial charge on any atom is 0.253 e. The highest BCUT2D eigenvalue weighted by Crippen LogP contribution is 2.63. The third kappa shape index (κ3) is 5.01. The van der Waals surface area contributed by atoms with Crippen LogP contribution < -0.4 is 14.5 Å². The smallest absolute Gasteiger partial charge is 0.253 e. The van der Waals surface area contributed by atoms with Gasteiger partial charge in [-0.25, -0.2) is 0 Å². The molecule has 2 aromatic rings. The summed E-state index contributed by atoms with van der Waals surface area (Å²) in [6.45, 7) is 13.8. The minimum atomic E-state index is -1.26. The second-order valence-electron chi connectivity index (χ2n) is 11.8. The zero-order valence-corrected chi connectivity index (χ0v) is 26.3. The number of para-hydroxylation sites is 1. The normalized spacial score (nSPS) is 26.8. The van der Waals surface area contributed by atoms with Gasteiger partial charge in [-0.3, -0.25) is 14.4 Å². The van der Waals surface area contributed by atoms with Gasteiger partial charge in [-0.05, 0) is 69.5 Å². The SMILES string of the molecule is C=CCN(C(=O)[C@H]1[C@H]2C(=O)N(CCO)C(C(=O)N(CC=C)c3c(C)cccc3Cl)C23CC[C@]1(C)O3)c1ccc(OCC)cc1. The van der Waals surface area contributed by atoms with Crippen molar-refractivity contribution in [1.82, 2.24) is 4.90 Å². The third-order valence-corrected chi connectivity index (χ3v) is 9.50. The maximum absolute atomic E-state index is 14.7. The number of ether oxygens (including phenoxy) is 2. The highest BCUT2D eigenvalue weighted by atomic mass is 35.5. The second kappa shape index (κ2) is 12.4. The van der Waals surface area contributed by atoms with Crippen molar-refractivity contribution >= 4 is 40.7 Å². The Bertz CT molecular complexity index is 1440. The molecule has 2 aromatic carbocycles. The van der Waals surface area contributed by atoms with Gasteiger partial charge in [0.1, 0.15) is 17.4 Å². The van der Waals surface area contributed by atoms with Gasteiger partial charge in [0.15, 0.2) is 0 Å². The summed E-state index contributed by atoms with van der Waals surface area (Å²) in [5, 5.41) is 10.4. The first-order valence-corrected chi connectivity index (χ1v) is 15.4. The van der Waals surface area contributed by atoms with Crippen molar-refractivity contribution in [2.24, 2.45) is 11.8 Å². The average molecular weight is 622 g/mol. The first-order chi connectivity index (χ1) is 21.1. The predicted molar refractivity (Wildman–Crippen MR) is 170 cm³/mol. The molecule has 2 bridgehead atoms. The van der Waals surface area contributed by atoms with Crippen molar-refractivity contribution in [3.8, 4) is 5.75 Å². The fourth-order valence-corrected chi connectivity index (χ4v) is 7.79. The van der Waals surface area contributed by atoms with Crippen LogP contribution in [-0.2, 0) is 19.1 Å². The van der Waals surface area contributed by atoms with Crippen molar-refractivity contribution in [2.75, 3.05) is 42.6 Å². The van der Waals surface area contributed by atoms with E-state index in [1.165, 1.54) is 9.80 Å². The van der Waals surface area contributed by atoms with E-state index in [1.54, 1.807) is 47.4 Å². The molecule has 1 N–H and O–H groups in total. The lowest BCUT2D eigenvalue weighted by molar-refractivity contribution is -0.145. The lowest BCUT2D eigenvalue weighted by atomic mass is 9.66. The summed E-state index contributed by atoms with van der Waals surface area (Å²) in [5.74, 6) is -2.14. The lowest BCUT2D eigenvalue weighted by Gasteiger charge is -2.37. The van der Waals surface area contributed by atoms with Gasteiger partial charge in [0.05, 0.1) is 41.4 Å². The molecule has 3 aliphatic rings. The molecule has 0 radical (unpaired) electrons. The predicted octanol–water partition coefficient (Wildman–Crippen LogP) is 4.54. The van der Waals surface area contributed by atoms with E-state index >= 15 is 0 Å². The number of hydrogen-bond donors (Lipinski definition) is 1. The molecule has 0 aromatic heterocycles. The van der Waals surface area contributed by atoms with Crippen LogP contribution in [0.1, 0.15) is 32.3 Å². The maximum atomic E-state index is 14.7. The molecule has 5 atom stereocenters. The van der Waals surface area contributed by atoms with Crippen molar-refractivity contribution < 1.29 is 29.0 Å². The molecule has 3 amide bonds. The van der Waals surface area contributed by atoms with Crippen molar-refractivity contribution in [3.63, 3.8) is 0 Å². The number of carbonyl (C=O) groups is 3. The van der Waals surface area contributed by atoms with Gasteiger partial charge in [-0.1, -0.05) is 35.9 Å². The Kier molecular flexibility index (Phi) is 8.94. The molecule has 9 nitrogen and oxygen atoms in total. The number of aliphatic hydroxyl groups excluding tert-OH is 1. The van der Waals surface area contributed by atoms with E-state index in [-0.39, 0.29) is 38.1 Å². The van der Waals surface area contributed by atoms with Crippen LogP contribution in [0.5, 0.6) is 5.75 Å². The quantitative estimate of drug-likeness (QED) is 0.349. The summed E-state index contributed by atoms with van der Waals surface area (Å²) in [7, 11) is 0. The van der Waals surface area contributed by atoms with Crippen LogP contribution in [0.4, 0.5) is 11.4 Å². The zero-order chi connectivity index (χ0) is 31.8. The number of fused-ring (bicyclic) bond motifs is 1. The van der Waals surface area contributed by atoms with Crippen LogP contribution in [0.15, 0.2) is 67.8 Å². The van der Waals surface area contributed by atoms with Crippen LogP contribution in [-0.4, -0.2) is 77.8 Å². The van der Waals surface area contributed by atoms with Crippen LogP contribution in [0.3, 0.4) is 0 Å². The summed E-state index contributed by atoms with van der Waals surface area (Å²) in [6, 6.07) is 11.5. The molecular formula is C34H40ClN3O6. The molecule has 3 aliphatic heterocycles. The first kappa shape index (κ1) is 31.8. The van der Waals surface area contributed by atoms with Gasteiger partial charge in [-0.2, -0.15) is 0 Å². The minimum absolute atomic E-state index is 0.0762. The number of nitrogens with zero attached hydrogens (tertiary/aromatic N) is 3. The van der Waals surface area contributed by atoms with Crippen LogP contribution >= 0.6 is 11.6 Å². The molecule has 5 rings (SSSR count). The van der Waals surface area contributed by atoms with E-state index in [9.17, 15) is 19.5 Å². The van der Waals surface area contributed by atoms with E-state index in [4.69, 9.17) is 21.1 Å². The molecule has 10 heteroatoms. The molecule has 0 saturated carbocycles. The van der Waals surface area contributed by atoms with Crippen molar-refractivity contribution in [2.45, 2.75) is 50.9 Å². The molecule has 3 saturated heterocycles. The number of anilines is 2. The van der Waals surface area contributed by atoms with E-state index in [2.05, 4.69) is 13.2 Å². The Morgan fingerprint density at radius 3 is 2.41 bits per heavy atom. The summed E-state index contributed by atoms with van der Waals surface area (Å²) < 4.78 is 12.4. The fourth-order valence-electron chi connectivity index (χ4n) is 7.47. The Balaban J connectivity index is 1.57. The van der Waals surface area contributed by atoms with E-state index in [0.29, 0.717) is 41.6 Å². The van der Waals surface area contributed by atoms with Gasteiger partial charge in [-0.15, -0.1) is 13.2 Å². The standard InChI is InChI=1S/C34H40ClN3O6/c1-6-18-36(23-12-14-24(15-13-23)43-8-3)30(40)26-27-31(41)38(20-21-39)29(34(27)17-16-33(26,5)44-34)32(42)37(19-7-2)28-22(4)10-9-11-25(28)35/h6-7,9-15,26-27,29,39H,1-2,8,16-21H2,3-5H3/t26-,27+,29?,33+,34?/m1/s1. The Morgan fingerprint density at radius 1 is 1.11 bits per heavy atom. The van der Waals surface area contributed by atoms with Gasteiger partial charge in [0.25, 0.3) is 5.91 Å². The van der Waals surface area contributed by atoms with E-state index in [1.807, 2.05) is 32.9 Å². The van der Waals surface area contributed by atoms with E-state index < -0.39 is 35.0 Å². The molecule has 1 spiro atoms. The van der Waals surface area contributed by atoms with Gasteiger partial charge < -0.3 is 29.3 Å². The molecular weight excluding hydrogens is 582 g/mol. The van der Waals surface area contributed by atoms with Crippen LogP contribution in [0, 0.1) is 18.8 Å². The number of aryl methyl sites for hydroxylation is 1. The summed E-state index contributed by atoms with van der Waals surface area (Å²) in [5.41, 5.74) is -0.294. The number of rotatable bonds is 12. The number of aliphatic hydroxyl groups is 1. The third-order valence-electron chi connectivity index (χ3n) is 9.19. The number of carbonyl (C=O) groups excluding carboxylic acids is 3. The molecule has 3 heterocycles. The number of amides is 3. The monoisotopic (exact) mass is 621 g/mol. The highest BCUT2D eigenvalue weighted by Gasteiger charge is 2.78. The first-order valence-electron chi connectivity index (χ1n) is 15.0. The Labute approximate surface area is 263 Å². The molecule has 234 valence electrons. The summed E-state index contributed by atoms with van der Waals surface area (Å²) in [4.78, 5) is 48.1. The van der Waals surface area contributed by atoms with Crippen molar-refractivity contribution in [3.05, 3.63) is 78.4 Å². The van der Waals surface area contributed by atoms with Gasteiger partial charge >= 0.3 is 0 Å².